The van der Waals surface area contributed by atoms with Crippen molar-refractivity contribution in [2.45, 2.75) is 18.2 Å². The molecule has 0 spiro atoms. The van der Waals surface area contributed by atoms with E-state index in [2.05, 4.69) is 10.2 Å². The maximum Gasteiger partial charge on any atom is 0.191 e. The number of aliphatic hydroxyl groups excluding tert-OH is 1. The minimum Gasteiger partial charge on any atom is -0.491 e. The van der Waals surface area contributed by atoms with Gasteiger partial charge in [0.2, 0.25) is 0 Å². The summed E-state index contributed by atoms with van der Waals surface area (Å²) >= 11 is 1.40. The van der Waals surface area contributed by atoms with E-state index in [1.807, 2.05) is 42.8 Å². The number of thioether (sulfide) groups is 1. The maximum atomic E-state index is 13.1. The van der Waals surface area contributed by atoms with E-state index in [0.29, 0.717) is 16.7 Å². The fourth-order valence-corrected chi connectivity index (χ4v) is 3.23. The van der Waals surface area contributed by atoms with Gasteiger partial charge in [-0.1, -0.05) is 30.0 Å². The monoisotopic (exact) mass is 373 g/mol. The number of hydrogen-bond acceptors (Lipinski definition) is 5. The van der Waals surface area contributed by atoms with E-state index in [1.54, 1.807) is 12.1 Å². The number of para-hydroxylation sites is 1. The minimum absolute atomic E-state index is 0.209. The van der Waals surface area contributed by atoms with Gasteiger partial charge in [0.15, 0.2) is 11.0 Å². The molecule has 1 heterocycles. The second-order valence-electron chi connectivity index (χ2n) is 5.91. The predicted molar refractivity (Wildman–Crippen MR) is 99.8 cm³/mol. The molecule has 7 heteroatoms. The highest BCUT2D eigenvalue weighted by Crippen LogP contribution is 2.23. The van der Waals surface area contributed by atoms with E-state index in [0.717, 1.165) is 16.9 Å². The summed E-state index contributed by atoms with van der Waals surface area (Å²) in [5.41, 5.74) is 1.82. The van der Waals surface area contributed by atoms with Crippen molar-refractivity contribution in [3.63, 3.8) is 0 Å². The summed E-state index contributed by atoms with van der Waals surface area (Å²) in [5, 5.41) is 19.1. The van der Waals surface area contributed by atoms with Gasteiger partial charge in [-0.15, -0.1) is 10.2 Å². The van der Waals surface area contributed by atoms with Crippen LogP contribution in [0.1, 0.15) is 5.56 Å². The van der Waals surface area contributed by atoms with Gasteiger partial charge < -0.3 is 14.4 Å². The van der Waals surface area contributed by atoms with Gasteiger partial charge in [-0.05, 0) is 42.8 Å². The molecule has 2 aromatic carbocycles. The van der Waals surface area contributed by atoms with Gasteiger partial charge in [-0.3, -0.25) is 0 Å². The lowest BCUT2D eigenvalue weighted by molar-refractivity contribution is 0.126. The molecule has 0 amide bonds. The van der Waals surface area contributed by atoms with Crippen LogP contribution in [0.4, 0.5) is 4.39 Å². The summed E-state index contributed by atoms with van der Waals surface area (Å²) in [6, 6.07) is 13.8. The second-order valence-corrected chi connectivity index (χ2v) is 6.90. The van der Waals surface area contributed by atoms with Crippen molar-refractivity contribution in [3.8, 4) is 17.1 Å². The molecule has 0 aliphatic carbocycles. The van der Waals surface area contributed by atoms with E-state index in [-0.39, 0.29) is 12.4 Å². The third kappa shape index (κ3) is 4.42. The first-order valence-electron chi connectivity index (χ1n) is 8.19. The Morgan fingerprint density at radius 3 is 2.62 bits per heavy atom. The SMILES string of the molecule is Cc1ccccc1OC[C@H](O)CSc1nnc(-c2ccc(F)cc2)n1C. The van der Waals surface area contributed by atoms with Crippen LogP contribution in [0.25, 0.3) is 11.4 Å². The number of rotatable bonds is 7. The highest BCUT2D eigenvalue weighted by atomic mass is 32.2. The number of benzene rings is 2. The molecular weight excluding hydrogens is 353 g/mol. The van der Waals surface area contributed by atoms with Crippen LogP contribution >= 0.6 is 11.8 Å². The van der Waals surface area contributed by atoms with Gasteiger partial charge in [0, 0.05) is 18.4 Å². The molecule has 0 saturated heterocycles. The topological polar surface area (TPSA) is 60.2 Å². The van der Waals surface area contributed by atoms with Gasteiger partial charge in [-0.25, -0.2) is 4.39 Å². The molecule has 0 aliphatic rings. The lowest BCUT2D eigenvalue weighted by Crippen LogP contribution is -2.20. The first-order valence-corrected chi connectivity index (χ1v) is 9.18. The highest BCUT2D eigenvalue weighted by Gasteiger charge is 2.14. The number of halogens is 1. The largest absolute Gasteiger partial charge is 0.491 e. The molecule has 0 radical (unpaired) electrons. The molecule has 1 aromatic heterocycles. The first-order chi connectivity index (χ1) is 12.5. The zero-order valence-corrected chi connectivity index (χ0v) is 15.4. The van der Waals surface area contributed by atoms with Crippen molar-refractivity contribution in [1.82, 2.24) is 14.8 Å². The van der Waals surface area contributed by atoms with E-state index in [9.17, 15) is 9.50 Å². The quantitative estimate of drug-likeness (QED) is 0.643. The fraction of sp³-hybridized carbons (Fsp3) is 0.263. The number of aryl methyl sites for hydroxylation is 1. The third-order valence-corrected chi connectivity index (χ3v) is 5.03. The van der Waals surface area contributed by atoms with Crippen LogP contribution in [-0.2, 0) is 7.05 Å². The number of ether oxygens (including phenoxy) is 1. The molecule has 1 N–H and O–H groups in total. The van der Waals surface area contributed by atoms with Crippen LogP contribution in [0.15, 0.2) is 53.7 Å². The van der Waals surface area contributed by atoms with Crippen molar-refractivity contribution in [3.05, 3.63) is 59.9 Å². The molecule has 26 heavy (non-hydrogen) atoms. The van der Waals surface area contributed by atoms with Crippen LogP contribution in [0, 0.1) is 12.7 Å². The Balaban J connectivity index is 1.56. The van der Waals surface area contributed by atoms with Gasteiger partial charge in [-0.2, -0.15) is 0 Å². The average molecular weight is 373 g/mol. The summed E-state index contributed by atoms with van der Waals surface area (Å²) in [4.78, 5) is 0. The second kappa shape index (κ2) is 8.33. The molecule has 5 nitrogen and oxygen atoms in total. The van der Waals surface area contributed by atoms with Crippen molar-refractivity contribution in [2.75, 3.05) is 12.4 Å². The van der Waals surface area contributed by atoms with Crippen molar-refractivity contribution < 1.29 is 14.2 Å². The van der Waals surface area contributed by atoms with Crippen LogP contribution in [0.2, 0.25) is 0 Å². The normalized spacial score (nSPS) is 12.2. The van der Waals surface area contributed by atoms with Crippen LogP contribution in [0.3, 0.4) is 0 Å². The number of nitrogens with zero attached hydrogens (tertiary/aromatic N) is 3. The Kier molecular flexibility index (Phi) is 5.90. The van der Waals surface area contributed by atoms with Crippen LogP contribution in [0.5, 0.6) is 5.75 Å². The van der Waals surface area contributed by atoms with E-state index in [4.69, 9.17) is 4.74 Å². The third-order valence-electron chi connectivity index (χ3n) is 3.87. The maximum absolute atomic E-state index is 13.1. The lowest BCUT2D eigenvalue weighted by atomic mass is 10.2. The molecule has 1 atom stereocenters. The van der Waals surface area contributed by atoms with Gasteiger partial charge in [0.05, 0.1) is 6.10 Å². The zero-order valence-electron chi connectivity index (χ0n) is 14.6. The average Bonchev–Trinajstić information content (AvgIpc) is 3.00. The standard InChI is InChI=1S/C19H20FN3O2S/c1-13-5-3-4-6-17(13)25-11-16(24)12-26-19-22-21-18(23(19)2)14-7-9-15(20)10-8-14/h3-10,16,24H,11-12H2,1-2H3/t16-/m0/s1. The highest BCUT2D eigenvalue weighted by molar-refractivity contribution is 7.99. The fourth-order valence-electron chi connectivity index (χ4n) is 2.41. The lowest BCUT2D eigenvalue weighted by Gasteiger charge is -2.13. The van der Waals surface area contributed by atoms with E-state index in [1.165, 1.54) is 23.9 Å². The summed E-state index contributed by atoms with van der Waals surface area (Å²) in [5.74, 6) is 1.57. The smallest absolute Gasteiger partial charge is 0.191 e. The van der Waals surface area contributed by atoms with E-state index < -0.39 is 6.10 Å². The number of aromatic nitrogens is 3. The molecule has 136 valence electrons. The number of aliphatic hydroxyl groups is 1. The minimum atomic E-state index is -0.634. The van der Waals surface area contributed by atoms with Crippen molar-refractivity contribution in [2.24, 2.45) is 7.05 Å². The Morgan fingerprint density at radius 1 is 1.15 bits per heavy atom. The van der Waals surface area contributed by atoms with Crippen molar-refractivity contribution >= 4 is 11.8 Å². The molecule has 0 saturated carbocycles. The molecular formula is C19H20FN3O2S. The molecule has 0 aliphatic heterocycles. The Hall–Kier alpha value is -2.38. The molecule has 3 aromatic rings. The van der Waals surface area contributed by atoms with Gasteiger partial charge in [0.1, 0.15) is 18.2 Å². The first kappa shape index (κ1) is 18.4. The van der Waals surface area contributed by atoms with Crippen molar-refractivity contribution in [1.29, 1.82) is 0 Å². The van der Waals surface area contributed by atoms with Crippen LogP contribution < -0.4 is 4.74 Å². The van der Waals surface area contributed by atoms with E-state index >= 15 is 0 Å². The molecule has 0 bridgehead atoms. The predicted octanol–water partition coefficient (Wildman–Crippen LogP) is 3.46. The van der Waals surface area contributed by atoms with Gasteiger partial charge in [0.25, 0.3) is 0 Å². The summed E-state index contributed by atoms with van der Waals surface area (Å²) < 4.78 is 20.5. The Labute approximate surface area is 155 Å². The molecule has 0 unspecified atom stereocenters. The number of hydrogen-bond donors (Lipinski definition) is 1. The van der Waals surface area contributed by atoms with Gasteiger partial charge >= 0.3 is 0 Å². The zero-order chi connectivity index (χ0) is 18.5. The molecule has 3 rings (SSSR count). The Bertz CT molecular complexity index is 867. The van der Waals surface area contributed by atoms with Crippen LogP contribution in [-0.4, -0.2) is 38.3 Å². The summed E-state index contributed by atoms with van der Waals surface area (Å²) in [6.07, 6.45) is -0.634. The summed E-state index contributed by atoms with van der Waals surface area (Å²) in [6.45, 7) is 2.17. The Morgan fingerprint density at radius 2 is 1.88 bits per heavy atom. The molecule has 0 fully saturated rings. The summed E-state index contributed by atoms with van der Waals surface area (Å²) in [7, 11) is 1.84.